The molecule has 5 heteroatoms. The molecule has 2 rings (SSSR count). The average molecular weight is 321 g/mol. The van der Waals surface area contributed by atoms with Crippen LogP contribution in [0.5, 0.6) is 0 Å². The first-order valence-electron chi connectivity index (χ1n) is 6.30. The molecule has 2 aromatic carbocycles. The van der Waals surface area contributed by atoms with E-state index in [1.165, 1.54) is 0 Å². The Hall–Kier alpha value is -1.97. The fourth-order valence-corrected chi connectivity index (χ4v) is 2.17. The van der Waals surface area contributed by atoms with E-state index in [0.29, 0.717) is 15.7 Å². The topological polar surface area (TPSA) is 41.1 Å². The number of anilines is 1. The van der Waals surface area contributed by atoms with E-state index in [9.17, 15) is 4.79 Å². The van der Waals surface area contributed by atoms with Gasteiger partial charge in [-0.3, -0.25) is 0 Å². The van der Waals surface area contributed by atoms with Crippen LogP contribution in [0.15, 0.2) is 48.7 Å². The van der Waals surface area contributed by atoms with Gasteiger partial charge in [-0.05, 0) is 54.5 Å². The zero-order valence-corrected chi connectivity index (χ0v) is 12.9. The van der Waals surface area contributed by atoms with E-state index in [4.69, 9.17) is 23.2 Å². The molecule has 0 saturated heterocycles. The molecule has 2 aromatic rings. The van der Waals surface area contributed by atoms with Gasteiger partial charge in [0, 0.05) is 21.9 Å². The van der Waals surface area contributed by atoms with Crippen molar-refractivity contribution < 1.29 is 4.79 Å². The molecule has 2 N–H and O–H groups in total. The normalized spacial score (nSPS) is 10.6. The highest BCUT2D eigenvalue weighted by Crippen LogP contribution is 2.19. The lowest BCUT2D eigenvalue weighted by Gasteiger charge is -2.08. The molecule has 0 saturated carbocycles. The molecule has 0 aromatic heterocycles. The summed E-state index contributed by atoms with van der Waals surface area (Å²) in [5, 5.41) is 6.67. The third-order valence-electron chi connectivity index (χ3n) is 2.78. The molecular weight excluding hydrogens is 307 g/mol. The molecule has 0 unspecified atom stereocenters. The summed E-state index contributed by atoms with van der Waals surface area (Å²) in [4.78, 5) is 11.8. The summed E-state index contributed by atoms with van der Waals surface area (Å²) in [6.07, 6.45) is 3.33. The maximum absolute atomic E-state index is 11.8. The van der Waals surface area contributed by atoms with E-state index in [0.717, 1.165) is 11.1 Å². The van der Waals surface area contributed by atoms with Gasteiger partial charge in [-0.1, -0.05) is 35.3 Å². The lowest BCUT2D eigenvalue weighted by Crippen LogP contribution is -2.24. The minimum absolute atomic E-state index is 0.321. The minimum Gasteiger partial charge on any atom is -0.314 e. The van der Waals surface area contributed by atoms with Crippen LogP contribution < -0.4 is 10.6 Å². The summed E-state index contributed by atoms with van der Waals surface area (Å²) in [5.74, 6) is 0. The highest BCUT2D eigenvalue weighted by atomic mass is 35.5. The molecule has 108 valence electrons. The van der Waals surface area contributed by atoms with E-state index in [1.807, 2.05) is 19.1 Å². The average Bonchev–Trinajstić information content (AvgIpc) is 2.42. The lowest BCUT2D eigenvalue weighted by atomic mass is 10.2. The molecule has 0 bridgehead atoms. The van der Waals surface area contributed by atoms with Gasteiger partial charge < -0.3 is 10.6 Å². The van der Waals surface area contributed by atoms with Gasteiger partial charge in [-0.2, -0.15) is 0 Å². The van der Waals surface area contributed by atoms with Gasteiger partial charge >= 0.3 is 6.03 Å². The molecule has 0 aliphatic heterocycles. The van der Waals surface area contributed by atoms with Crippen molar-refractivity contribution in [3.05, 3.63) is 69.8 Å². The van der Waals surface area contributed by atoms with E-state index < -0.39 is 0 Å². The van der Waals surface area contributed by atoms with Crippen LogP contribution in [-0.2, 0) is 0 Å². The molecule has 0 fully saturated rings. The Morgan fingerprint density at radius 3 is 2.57 bits per heavy atom. The number of hydrogen-bond donors (Lipinski definition) is 2. The first-order chi connectivity index (χ1) is 10.0. The monoisotopic (exact) mass is 320 g/mol. The van der Waals surface area contributed by atoms with E-state index in [2.05, 4.69) is 10.6 Å². The summed E-state index contributed by atoms with van der Waals surface area (Å²) < 4.78 is 0. The maximum Gasteiger partial charge on any atom is 0.323 e. The van der Waals surface area contributed by atoms with Crippen molar-refractivity contribution in [1.29, 1.82) is 0 Å². The summed E-state index contributed by atoms with van der Waals surface area (Å²) in [5.41, 5.74) is 2.52. The van der Waals surface area contributed by atoms with Gasteiger partial charge in [0.05, 0.1) is 0 Å². The van der Waals surface area contributed by atoms with Crippen molar-refractivity contribution in [3.63, 3.8) is 0 Å². The van der Waals surface area contributed by atoms with E-state index >= 15 is 0 Å². The zero-order chi connectivity index (χ0) is 15.2. The first kappa shape index (κ1) is 15.4. The number of nitrogens with one attached hydrogen (secondary N) is 2. The highest BCUT2D eigenvalue weighted by Gasteiger charge is 2.02. The fraction of sp³-hybridized carbons (Fsp3) is 0.0625. The Bertz CT molecular complexity index is 684. The Morgan fingerprint density at radius 1 is 1.10 bits per heavy atom. The summed E-state index contributed by atoms with van der Waals surface area (Å²) in [6, 6.07) is 12.3. The predicted molar refractivity (Wildman–Crippen MR) is 88.8 cm³/mol. The van der Waals surface area contributed by atoms with Crippen molar-refractivity contribution in [2.45, 2.75) is 6.92 Å². The first-order valence-corrected chi connectivity index (χ1v) is 7.06. The maximum atomic E-state index is 11.8. The van der Waals surface area contributed by atoms with Gasteiger partial charge in [0.25, 0.3) is 0 Å². The number of carbonyl (C=O) groups excluding carboxylic acids is 1. The van der Waals surface area contributed by atoms with Crippen molar-refractivity contribution >= 4 is 41.0 Å². The molecule has 0 heterocycles. The molecule has 3 nitrogen and oxygen atoms in total. The van der Waals surface area contributed by atoms with Gasteiger partial charge in [-0.25, -0.2) is 4.79 Å². The zero-order valence-electron chi connectivity index (χ0n) is 11.4. The van der Waals surface area contributed by atoms with Crippen molar-refractivity contribution in [2.75, 3.05) is 5.32 Å². The Labute approximate surface area is 133 Å². The Balaban J connectivity index is 1.93. The second kappa shape index (κ2) is 7.16. The Kier molecular flexibility index (Phi) is 5.26. The summed E-state index contributed by atoms with van der Waals surface area (Å²) in [6.45, 7) is 1.88. The number of urea groups is 1. The molecule has 21 heavy (non-hydrogen) atoms. The second-order valence-electron chi connectivity index (χ2n) is 4.45. The van der Waals surface area contributed by atoms with Gasteiger partial charge in [0.2, 0.25) is 0 Å². The molecule has 0 aliphatic rings. The molecule has 0 spiro atoms. The standard InChI is InChI=1S/C16H14Cl2N2O/c1-11-9-14(18)5-6-15(11)20-16(21)19-8-7-12-3-2-4-13(17)10-12/h2-10H,1H3,(H2,19,20,21)/b8-7+. The smallest absolute Gasteiger partial charge is 0.314 e. The summed E-state index contributed by atoms with van der Waals surface area (Å²) >= 11 is 11.7. The summed E-state index contributed by atoms with van der Waals surface area (Å²) in [7, 11) is 0. The second-order valence-corrected chi connectivity index (χ2v) is 5.32. The number of benzene rings is 2. The number of halogens is 2. The predicted octanol–water partition coefficient (Wildman–Crippen LogP) is 5.09. The number of amides is 2. The largest absolute Gasteiger partial charge is 0.323 e. The lowest BCUT2D eigenvalue weighted by molar-refractivity contribution is 0.255. The van der Waals surface area contributed by atoms with E-state index in [-0.39, 0.29) is 6.03 Å². The third-order valence-corrected chi connectivity index (χ3v) is 3.25. The van der Waals surface area contributed by atoms with Crippen LogP contribution in [0.25, 0.3) is 6.08 Å². The van der Waals surface area contributed by atoms with Gasteiger partial charge in [0.15, 0.2) is 0 Å². The minimum atomic E-state index is -0.321. The molecule has 2 amide bonds. The SMILES string of the molecule is Cc1cc(Cl)ccc1NC(=O)N/C=C/c1cccc(Cl)c1. The highest BCUT2D eigenvalue weighted by molar-refractivity contribution is 6.31. The molecular formula is C16H14Cl2N2O. The van der Waals surface area contributed by atoms with Gasteiger partial charge in [0.1, 0.15) is 0 Å². The van der Waals surface area contributed by atoms with Crippen molar-refractivity contribution in [2.24, 2.45) is 0 Å². The van der Waals surface area contributed by atoms with Gasteiger partial charge in [-0.15, -0.1) is 0 Å². The number of carbonyl (C=O) groups is 1. The van der Waals surface area contributed by atoms with Crippen LogP contribution in [0, 0.1) is 6.92 Å². The van der Waals surface area contributed by atoms with Crippen LogP contribution >= 0.6 is 23.2 Å². The fourth-order valence-electron chi connectivity index (χ4n) is 1.75. The third kappa shape index (κ3) is 4.81. The number of hydrogen-bond acceptors (Lipinski definition) is 1. The van der Waals surface area contributed by atoms with Crippen LogP contribution in [0.3, 0.4) is 0 Å². The van der Waals surface area contributed by atoms with Crippen molar-refractivity contribution in [3.8, 4) is 0 Å². The number of rotatable bonds is 3. The Morgan fingerprint density at radius 2 is 1.86 bits per heavy atom. The van der Waals surface area contributed by atoms with E-state index in [1.54, 1.807) is 42.6 Å². The van der Waals surface area contributed by atoms with Crippen molar-refractivity contribution in [1.82, 2.24) is 5.32 Å². The molecule has 0 radical (unpaired) electrons. The van der Waals surface area contributed by atoms with Crippen LogP contribution in [0.2, 0.25) is 10.0 Å². The number of aryl methyl sites for hydroxylation is 1. The molecule has 0 atom stereocenters. The van der Waals surface area contributed by atoms with Crippen LogP contribution in [0.1, 0.15) is 11.1 Å². The molecule has 0 aliphatic carbocycles. The van der Waals surface area contributed by atoms with Crippen LogP contribution in [0.4, 0.5) is 10.5 Å². The van der Waals surface area contributed by atoms with Crippen LogP contribution in [-0.4, -0.2) is 6.03 Å². The quantitative estimate of drug-likeness (QED) is 0.812.